The van der Waals surface area contributed by atoms with Crippen molar-refractivity contribution in [3.63, 3.8) is 0 Å². The highest BCUT2D eigenvalue weighted by Crippen LogP contribution is 2.19. The molecule has 1 aromatic heterocycles. The Labute approximate surface area is 157 Å². The molecule has 0 saturated carbocycles. The molecule has 0 N–H and O–H groups in total. The van der Waals surface area contributed by atoms with Gasteiger partial charge >= 0.3 is 0 Å². The van der Waals surface area contributed by atoms with E-state index < -0.39 is 0 Å². The minimum atomic E-state index is -0.0720. The van der Waals surface area contributed by atoms with Crippen LogP contribution in [0, 0.1) is 0 Å². The number of likely N-dealkylation sites (tertiary alicyclic amines) is 1. The van der Waals surface area contributed by atoms with Crippen molar-refractivity contribution in [3.05, 3.63) is 42.2 Å². The molecule has 0 spiro atoms. The molecule has 3 heterocycles. The smallest absolute Gasteiger partial charge is 0.256 e. The molecule has 2 fully saturated rings. The molecule has 0 aliphatic carbocycles. The van der Waals surface area contributed by atoms with Gasteiger partial charge in [-0.1, -0.05) is 24.3 Å². The number of imide groups is 1. The topological polar surface area (TPSA) is 73.8 Å². The third-order valence-electron chi connectivity index (χ3n) is 5.35. The molecule has 2 aromatic rings. The first-order valence-corrected chi connectivity index (χ1v) is 9.31. The molecule has 3 amide bonds. The van der Waals surface area contributed by atoms with Crippen LogP contribution >= 0.6 is 0 Å². The van der Waals surface area contributed by atoms with Crippen molar-refractivity contribution in [1.82, 2.24) is 19.7 Å². The minimum absolute atomic E-state index is 0.00356. The van der Waals surface area contributed by atoms with Crippen LogP contribution in [0.4, 0.5) is 0 Å². The monoisotopic (exact) mass is 366 g/mol. The predicted molar refractivity (Wildman–Crippen MR) is 100 cm³/mol. The number of carbonyl (C=O) groups is 3. The molecule has 27 heavy (non-hydrogen) atoms. The molecule has 2 saturated heterocycles. The Balaban J connectivity index is 1.35. The van der Waals surface area contributed by atoms with Crippen molar-refractivity contribution >= 4 is 28.5 Å². The zero-order chi connectivity index (χ0) is 18.8. The Bertz CT molecular complexity index is 868. The fourth-order valence-electron chi connectivity index (χ4n) is 3.75. The summed E-state index contributed by atoms with van der Waals surface area (Å²) in [5, 5.41) is 1.88. The largest absolute Gasteiger partial charge is 0.336 e. The lowest BCUT2D eigenvalue weighted by Gasteiger charge is -2.35. The maximum absolute atomic E-state index is 12.9. The Hall–Kier alpha value is -2.80. The van der Waals surface area contributed by atoms with E-state index in [9.17, 15) is 14.4 Å². The number of fused-ring (bicyclic) bond motifs is 1. The lowest BCUT2D eigenvalue weighted by molar-refractivity contribution is -0.138. The number of benzene rings is 1. The van der Waals surface area contributed by atoms with Crippen LogP contribution in [0.25, 0.3) is 10.8 Å². The molecule has 0 unspecified atom stereocenters. The summed E-state index contributed by atoms with van der Waals surface area (Å²) in [6.07, 6.45) is 4.08. The Morgan fingerprint density at radius 1 is 0.926 bits per heavy atom. The molecular weight excluding hydrogens is 344 g/mol. The van der Waals surface area contributed by atoms with Gasteiger partial charge in [0.1, 0.15) is 0 Å². The van der Waals surface area contributed by atoms with Crippen LogP contribution in [0.5, 0.6) is 0 Å². The second-order valence-corrected chi connectivity index (χ2v) is 6.98. The van der Waals surface area contributed by atoms with Crippen LogP contribution in [-0.4, -0.2) is 76.7 Å². The van der Waals surface area contributed by atoms with Crippen LogP contribution in [0.2, 0.25) is 0 Å². The number of pyridine rings is 1. The number of nitrogens with zero attached hydrogens (tertiary/aromatic N) is 4. The van der Waals surface area contributed by atoms with Crippen LogP contribution in [0.3, 0.4) is 0 Å². The lowest BCUT2D eigenvalue weighted by Crippen LogP contribution is -2.50. The molecule has 140 valence electrons. The molecule has 4 rings (SSSR count). The van der Waals surface area contributed by atoms with Gasteiger partial charge < -0.3 is 4.90 Å². The highest BCUT2D eigenvalue weighted by Gasteiger charge is 2.29. The number of amides is 3. The maximum atomic E-state index is 12.9. The molecule has 0 bridgehead atoms. The Morgan fingerprint density at radius 2 is 1.63 bits per heavy atom. The van der Waals surface area contributed by atoms with Crippen molar-refractivity contribution in [3.8, 4) is 0 Å². The van der Waals surface area contributed by atoms with Gasteiger partial charge in [-0.3, -0.25) is 29.2 Å². The molecule has 2 aliphatic heterocycles. The standard InChI is InChI=1S/C20H22N4O3/c25-18-5-6-19(26)24(18)12-9-22-7-10-23(11-8-22)20(27)17-14-21-13-15-3-1-2-4-16(15)17/h1-4,13-14H,5-12H2. The molecule has 0 radical (unpaired) electrons. The highest BCUT2D eigenvalue weighted by molar-refractivity contribution is 6.06. The lowest BCUT2D eigenvalue weighted by atomic mass is 10.1. The highest BCUT2D eigenvalue weighted by atomic mass is 16.2. The normalized spacial score (nSPS) is 18.5. The van der Waals surface area contributed by atoms with Crippen molar-refractivity contribution in [1.29, 1.82) is 0 Å². The summed E-state index contributed by atoms with van der Waals surface area (Å²) in [5.74, 6) is -0.140. The first-order valence-electron chi connectivity index (χ1n) is 9.31. The second-order valence-electron chi connectivity index (χ2n) is 6.98. The van der Waals surface area contributed by atoms with E-state index in [0.29, 0.717) is 44.6 Å². The Kier molecular flexibility index (Phi) is 4.85. The van der Waals surface area contributed by atoms with Crippen LogP contribution in [-0.2, 0) is 9.59 Å². The van der Waals surface area contributed by atoms with E-state index in [1.807, 2.05) is 29.2 Å². The molecular formula is C20H22N4O3. The average molecular weight is 366 g/mol. The quantitative estimate of drug-likeness (QED) is 0.759. The first-order chi connectivity index (χ1) is 13.1. The van der Waals surface area contributed by atoms with Crippen LogP contribution in [0.1, 0.15) is 23.2 Å². The van der Waals surface area contributed by atoms with E-state index in [1.165, 1.54) is 4.90 Å². The van der Waals surface area contributed by atoms with E-state index in [4.69, 9.17) is 0 Å². The van der Waals surface area contributed by atoms with Gasteiger partial charge in [0.2, 0.25) is 11.8 Å². The van der Waals surface area contributed by atoms with E-state index in [1.54, 1.807) is 12.4 Å². The van der Waals surface area contributed by atoms with Gasteiger partial charge in [-0.25, -0.2) is 0 Å². The first kappa shape index (κ1) is 17.6. The summed E-state index contributed by atoms with van der Waals surface area (Å²) in [4.78, 5) is 45.9. The van der Waals surface area contributed by atoms with E-state index in [-0.39, 0.29) is 17.7 Å². The summed E-state index contributed by atoms with van der Waals surface area (Å²) >= 11 is 0. The number of carbonyl (C=O) groups excluding carboxylic acids is 3. The van der Waals surface area contributed by atoms with Crippen LogP contribution in [0.15, 0.2) is 36.7 Å². The number of hydrogen-bond acceptors (Lipinski definition) is 5. The number of piperazine rings is 1. The molecule has 2 aliphatic rings. The van der Waals surface area contributed by atoms with Gasteiger partial charge in [0.25, 0.3) is 5.91 Å². The summed E-state index contributed by atoms with van der Waals surface area (Å²) in [5.41, 5.74) is 0.634. The fraction of sp³-hybridized carbons (Fsp3) is 0.400. The maximum Gasteiger partial charge on any atom is 0.256 e. The zero-order valence-corrected chi connectivity index (χ0v) is 15.1. The number of aromatic nitrogens is 1. The number of rotatable bonds is 4. The third-order valence-corrected chi connectivity index (χ3v) is 5.35. The van der Waals surface area contributed by atoms with Crippen LogP contribution < -0.4 is 0 Å². The molecule has 7 nitrogen and oxygen atoms in total. The van der Waals surface area contributed by atoms with Crippen molar-refractivity contribution < 1.29 is 14.4 Å². The summed E-state index contributed by atoms with van der Waals surface area (Å²) in [6.45, 7) is 3.84. The van der Waals surface area contributed by atoms with E-state index in [2.05, 4.69) is 9.88 Å². The van der Waals surface area contributed by atoms with Gasteiger partial charge in [0, 0.05) is 69.9 Å². The molecule has 7 heteroatoms. The minimum Gasteiger partial charge on any atom is -0.336 e. The van der Waals surface area contributed by atoms with E-state index >= 15 is 0 Å². The molecule has 1 aromatic carbocycles. The van der Waals surface area contributed by atoms with Gasteiger partial charge in [-0.05, 0) is 5.39 Å². The third kappa shape index (κ3) is 3.55. The van der Waals surface area contributed by atoms with Gasteiger partial charge in [-0.15, -0.1) is 0 Å². The molecule has 0 atom stereocenters. The van der Waals surface area contributed by atoms with Crippen molar-refractivity contribution in [2.75, 3.05) is 39.3 Å². The van der Waals surface area contributed by atoms with Crippen molar-refractivity contribution in [2.24, 2.45) is 0 Å². The van der Waals surface area contributed by atoms with Gasteiger partial charge in [-0.2, -0.15) is 0 Å². The predicted octanol–water partition coefficient (Wildman–Crippen LogP) is 1.14. The summed E-state index contributed by atoms with van der Waals surface area (Å²) in [6, 6.07) is 7.77. The number of hydrogen-bond donors (Lipinski definition) is 0. The van der Waals surface area contributed by atoms with Gasteiger partial charge in [0.05, 0.1) is 5.56 Å². The summed E-state index contributed by atoms with van der Waals surface area (Å²) in [7, 11) is 0. The van der Waals surface area contributed by atoms with Gasteiger partial charge in [0.15, 0.2) is 0 Å². The van der Waals surface area contributed by atoms with E-state index in [0.717, 1.165) is 23.9 Å². The van der Waals surface area contributed by atoms with Crippen molar-refractivity contribution in [2.45, 2.75) is 12.8 Å². The Morgan fingerprint density at radius 3 is 2.37 bits per heavy atom. The summed E-state index contributed by atoms with van der Waals surface area (Å²) < 4.78 is 0. The fourth-order valence-corrected chi connectivity index (χ4v) is 3.75. The second kappa shape index (κ2) is 7.44. The zero-order valence-electron chi connectivity index (χ0n) is 15.1. The SMILES string of the molecule is O=C(c1cncc2ccccc12)N1CCN(CCN2C(=O)CCC2=O)CC1. The average Bonchev–Trinajstić information content (AvgIpc) is 3.03.